The Morgan fingerprint density at radius 1 is 1.47 bits per heavy atom. The fourth-order valence-corrected chi connectivity index (χ4v) is 2.50. The maximum Gasteiger partial charge on any atom is 0.201 e. The van der Waals surface area contributed by atoms with Crippen LogP contribution in [0.3, 0.4) is 0 Å². The van der Waals surface area contributed by atoms with Gasteiger partial charge in [0.05, 0.1) is 27.8 Å². The monoisotopic (exact) mass is 323 g/mol. The second-order valence-electron chi connectivity index (χ2n) is 4.29. The van der Waals surface area contributed by atoms with Crippen molar-refractivity contribution in [1.82, 2.24) is 9.55 Å². The van der Waals surface area contributed by atoms with E-state index in [-0.39, 0.29) is 11.9 Å². The number of rotatable bonds is 2. The molecule has 19 heavy (non-hydrogen) atoms. The molecular formula is C13H11BrFN3O. The number of anilines is 1. The molecule has 6 heteroatoms. The molecular weight excluding hydrogens is 313 g/mol. The molecule has 2 aromatic heterocycles. The van der Waals surface area contributed by atoms with E-state index in [0.717, 1.165) is 11.3 Å². The molecule has 0 saturated heterocycles. The fraction of sp³-hybridized carbons (Fsp3) is 0.154. The number of benzene rings is 1. The summed E-state index contributed by atoms with van der Waals surface area (Å²) in [5, 5.41) is 0. The van der Waals surface area contributed by atoms with Gasteiger partial charge in [0.2, 0.25) is 5.95 Å². The Kier molecular flexibility index (Phi) is 2.82. The van der Waals surface area contributed by atoms with Crippen molar-refractivity contribution in [2.45, 2.75) is 13.0 Å². The summed E-state index contributed by atoms with van der Waals surface area (Å²) in [6, 6.07) is 6.61. The zero-order chi connectivity index (χ0) is 13.6. The minimum Gasteiger partial charge on any atom is -0.467 e. The van der Waals surface area contributed by atoms with E-state index >= 15 is 0 Å². The van der Waals surface area contributed by atoms with Crippen LogP contribution in [0.25, 0.3) is 11.0 Å². The Hall–Kier alpha value is -1.82. The van der Waals surface area contributed by atoms with E-state index in [1.165, 1.54) is 6.07 Å². The summed E-state index contributed by atoms with van der Waals surface area (Å²) >= 11 is 3.18. The first-order valence-electron chi connectivity index (χ1n) is 5.74. The second kappa shape index (κ2) is 4.38. The third kappa shape index (κ3) is 1.92. The molecule has 98 valence electrons. The first-order chi connectivity index (χ1) is 9.08. The molecule has 0 aliphatic rings. The first kappa shape index (κ1) is 12.2. The molecule has 0 amide bonds. The Bertz CT molecular complexity index is 736. The quantitative estimate of drug-likeness (QED) is 0.781. The van der Waals surface area contributed by atoms with Crippen LogP contribution in [0.4, 0.5) is 10.3 Å². The summed E-state index contributed by atoms with van der Waals surface area (Å²) in [5.41, 5.74) is 7.22. The first-order valence-corrected chi connectivity index (χ1v) is 6.53. The van der Waals surface area contributed by atoms with E-state index in [1.54, 1.807) is 12.3 Å². The number of furan rings is 1. The van der Waals surface area contributed by atoms with Gasteiger partial charge < -0.3 is 10.2 Å². The second-order valence-corrected chi connectivity index (χ2v) is 5.14. The van der Waals surface area contributed by atoms with E-state index in [2.05, 4.69) is 20.9 Å². The molecule has 4 nitrogen and oxygen atoms in total. The molecule has 0 fully saturated rings. The highest BCUT2D eigenvalue weighted by molar-refractivity contribution is 9.10. The lowest BCUT2D eigenvalue weighted by Crippen LogP contribution is -2.09. The lowest BCUT2D eigenvalue weighted by molar-refractivity contribution is 0.453. The highest BCUT2D eigenvalue weighted by Gasteiger charge is 2.18. The molecule has 1 aromatic carbocycles. The van der Waals surface area contributed by atoms with Gasteiger partial charge in [-0.2, -0.15) is 0 Å². The molecule has 2 heterocycles. The van der Waals surface area contributed by atoms with Gasteiger partial charge in [0, 0.05) is 6.07 Å². The summed E-state index contributed by atoms with van der Waals surface area (Å²) in [6.07, 6.45) is 1.61. The maximum absolute atomic E-state index is 13.5. The third-order valence-electron chi connectivity index (χ3n) is 3.10. The molecule has 0 aliphatic carbocycles. The molecule has 1 unspecified atom stereocenters. The smallest absolute Gasteiger partial charge is 0.201 e. The summed E-state index contributed by atoms with van der Waals surface area (Å²) < 4.78 is 21.1. The Balaban J connectivity index is 2.23. The highest BCUT2D eigenvalue weighted by atomic mass is 79.9. The maximum atomic E-state index is 13.5. The van der Waals surface area contributed by atoms with E-state index < -0.39 is 0 Å². The molecule has 1 atom stereocenters. The number of halogens is 2. The van der Waals surface area contributed by atoms with Crippen LogP contribution in [-0.4, -0.2) is 9.55 Å². The Morgan fingerprint density at radius 3 is 2.95 bits per heavy atom. The number of nitrogen functional groups attached to an aromatic ring is 1. The fourth-order valence-electron chi connectivity index (χ4n) is 2.17. The predicted molar refractivity (Wildman–Crippen MR) is 74.3 cm³/mol. The Morgan fingerprint density at radius 2 is 2.26 bits per heavy atom. The lowest BCUT2D eigenvalue weighted by Gasteiger charge is -2.13. The summed E-state index contributed by atoms with van der Waals surface area (Å²) in [5.74, 6) is 0.741. The molecule has 0 saturated carbocycles. The number of fused-ring (bicyclic) bond motifs is 1. The largest absolute Gasteiger partial charge is 0.467 e. The Labute approximate surface area is 117 Å². The van der Waals surface area contributed by atoms with E-state index in [4.69, 9.17) is 10.2 Å². The van der Waals surface area contributed by atoms with Gasteiger partial charge in [0.15, 0.2) is 0 Å². The standard InChI is InChI=1S/C13H11BrFN3O/c1-7(12-3-2-4-19-12)18-11-5-8(14)9(15)6-10(11)17-13(18)16/h2-7H,1H3,(H2,16,17). The molecule has 2 N–H and O–H groups in total. The third-order valence-corrected chi connectivity index (χ3v) is 3.71. The van der Waals surface area contributed by atoms with Crippen LogP contribution in [0.2, 0.25) is 0 Å². The van der Waals surface area contributed by atoms with Gasteiger partial charge in [-0.3, -0.25) is 4.57 Å². The van der Waals surface area contributed by atoms with Gasteiger partial charge in [-0.05, 0) is 41.1 Å². The van der Waals surface area contributed by atoms with Crippen LogP contribution in [0, 0.1) is 5.82 Å². The number of hydrogen-bond donors (Lipinski definition) is 1. The zero-order valence-corrected chi connectivity index (χ0v) is 11.7. The van der Waals surface area contributed by atoms with Gasteiger partial charge in [-0.1, -0.05) is 0 Å². The van der Waals surface area contributed by atoms with Crippen LogP contribution in [0.15, 0.2) is 39.4 Å². The summed E-state index contributed by atoms with van der Waals surface area (Å²) in [7, 11) is 0. The van der Waals surface area contributed by atoms with Gasteiger partial charge in [-0.25, -0.2) is 9.37 Å². The molecule has 0 aliphatic heterocycles. The average molecular weight is 324 g/mol. The van der Waals surface area contributed by atoms with Crippen LogP contribution >= 0.6 is 15.9 Å². The van der Waals surface area contributed by atoms with Gasteiger partial charge >= 0.3 is 0 Å². The molecule has 3 rings (SSSR count). The summed E-state index contributed by atoms with van der Waals surface area (Å²) in [4.78, 5) is 4.18. The molecule has 0 spiro atoms. The molecule has 0 radical (unpaired) electrons. The number of hydrogen-bond acceptors (Lipinski definition) is 3. The molecule has 3 aromatic rings. The van der Waals surface area contributed by atoms with Gasteiger partial charge in [-0.15, -0.1) is 0 Å². The number of nitrogens with zero attached hydrogens (tertiary/aromatic N) is 2. The van der Waals surface area contributed by atoms with Crippen molar-refractivity contribution < 1.29 is 8.81 Å². The van der Waals surface area contributed by atoms with E-state index in [1.807, 2.05) is 23.6 Å². The zero-order valence-electron chi connectivity index (χ0n) is 10.1. The molecule has 0 bridgehead atoms. The minimum atomic E-state index is -0.359. The van der Waals surface area contributed by atoms with E-state index in [0.29, 0.717) is 15.9 Å². The van der Waals surface area contributed by atoms with Crippen molar-refractivity contribution >= 4 is 32.9 Å². The number of aromatic nitrogens is 2. The van der Waals surface area contributed by atoms with Crippen molar-refractivity contribution in [3.63, 3.8) is 0 Å². The SMILES string of the molecule is CC(c1ccco1)n1c(N)nc2cc(F)c(Br)cc21. The van der Waals surface area contributed by atoms with Gasteiger partial charge in [0.1, 0.15) is 11.6 Å². The number of imidazole rings is 1. The topological polar surface area (TPSA) is 57.0 Å². The van der Waals surface area contributed by atoms with Crippen LogP contribution in [0.1, 0.15) is 18.7 Å². The number of nitrogens with two attached hydrogens (primary N) is 1. The van der Waals surface area contributed by atoms with Crippen molar-refractivity contribution in [2.75, 3.05) is 5.73 Å². The normalized spacial score (nSPS) is 13.0. The van der Waals surface area contributed by atoms with Crippen molar-refractivity contribution in [3.8, 4) is 0 Å². The summed E-state index contributed by atoms with van der Waals surface area (Å²) in [6.45, 7) is 1.95. The van der Waals surface area contributed by atoms with Crippen molar-refractivity contribution in [2.24, 2.45) is 0 Å². The van der Waals surface area contributed by atoms with Crippen molar-refractivity contribution in [3.05, 3.63) is 46.6 Å². The van der Waals surface area contributed by atoms with Gasteiger partial charge in [0.25, 0.3) is 0 Å². The lowest BCUT2D eigenvalue weighted by atomic mass is 10.2. The van der Waals surface area contributed by atoms with E-state index in [9.17, 15) is 4.39 Å². The average Bonchev–Trinajstić information content (AvgIpc) is 2.97. The minimum absolute atomic E-state index is 0.114. The van der Waals surface area contributed by atoms with Crippen LogP contribution < -0.4 is 5.73 Å². The van der Waals surface area contributed by atoms with Crippen molar-refractivity contribution in [1.29, 1.82) is 0 Å². The van der Waals surface area contributed by atoms with Crippen LogP contribution in [-0.2, 0) is 0 Å². The highest BCUT2D eigenvalue weighted by Crippen LogP contribution is 2.30. The predicted octanol–water partition coefficient (Wildman–Crippen LogP) is 3.72. The van der Waals surface area contributed by atoms with Crippen LogP contribution in [0.5, 0.6) is 0 Å².